The largest absolute Gasteiger partial charge is 0.493 e. The Morgan fingerprint density at radius 1 is 1.09 bits per heavy atom. The summed E-state index contributed by atoms with van der Waals surface area (Å²) in [5.74, 6) is -0.257. The van der Waals surface area contributed by atoms with Crippen LogP contribution in [-0.2, 0) is 15.7 Å². The SMILES string of the molecule is COc1cn(-c2cccc(C(F)(F)F)c2)nc1C(=O)N1CCC(C(=O)N2CCOCC2)CC1. The Kier molecular flexibility index (Phi) is 6.59. The molecule has 0 radical (unpaired) electrons. The smallest absolute Gasteiger partial charge is 0.416 e. The van der Waals surface area contributed by atoms with E-state index in [2.05, 4.69) is 5.10 Å². The molecular formula is C22H25F3N4O4. The molecule has 2 saturated heterocycles. The van der Waals surface area contributed by atoms with E-state index in [0.717, 1.165) is 12.1 Å². The van der Waals surface area contributed by atoms with Crippen molar-refractivity contribution in [2.45, 2.75) is 19.0 Å². The number of halogens is 3. The number of aromatic nitrogens is 2. The van der Waals surface area contributed by atoms with Gasteiger partial charge in [-0.3, -0.25) is 9.59 Å². The first-order chi connectivity index (χ1) is 15.8. The van der Waals surface area contributed by atoms with Gasteiger partial charge in [-0.2, -0.15) is 18.3 Å². The Labute approximate surface area is 188 Å². The number of morpholine rings is 1. The van der Waals surface area contributed by atoms with Crippen LogP contribution in [0.15, 0.2) is 30.5 Å². The van der Waals surface area contributed by atoms with Crippen LogP contribution in [0.25, 0.3) is 5.69 Å². The fourth-order valence-electron chi connectivity index (χ4n) is 4.13. The number of methoxy groups -OCH3 is 1. The van der Waals surface area contributed by atoms with Crippen molar-refractivity contribution in [2.24, 2.45) is 5.92 Å². The molecule has 2 aliphatic heterocycles. The van der Waals surface area contributed by atoms with Crippen LogP contribution >= 0.6 is 0 Å². The molecule has 2 fully saturated rings. The average molecular weight is 466 g/mol. The molecule has 2 aliphatic rings. The van der Waals surface area contributed by atoms with Crippen LogP contribution in [-0.4, -0.2) is 77.9 Å². The molecule has 0 aliphatic carbocycles. The Bertz CT molecular complexity index is 1010. The zero-order chi connectivity index (χ0) is 23.6. The van der Waals surface area contributed by atoms with Crippen molar-refractivity contribution in [3.05, 3.63) is 41.7 Å². The van der Waals surface area contributed by atoms with E-state index in [4.69, 9.17) is 9.47 Å². The van der Waals surface area contributed by atoms with Gasteiger partial charge in [-0.1, -0.05) is 6.07 Å². The second kappa shape index (κ2) is 9.42. The maximum absolute atomic E-state index is 13.1. The number of hydrogen-bond donors (Lipinski definition) is 0. The molecule has 33 heavy (non-hydrogen) atoms. The van der Waals surface area contributed by atoms with Gasteiger partial charge in [0, 0.05) is 32.1 Å². The van der Waals surface area contributed by atoms with Crippen LogP contribution in [0.5, 0.6) is 5.75 Å². The van der Waals surface area contributed by atoms with E-state index in [-0.39, 0.29) is 34.9 Å². The number of carbonyl (C=O) groups excluding carboxylic acids is 2. The highest BCUT2D eigenvalue weighted by Crippen LogP contribution is 2.31. The number of nitrogens with zero attached hydrogens (tertiary/aromatic N) is 4. The number of likely N-dealkylation sites (tertiary alicyclic amines) is 1. The summed E-state index contributed by atoms with van der Waals surface area (Å²) in [7, 11) is 1.37. The van der Waals surface area contributed by atoms with Gasteiger partial charge in [0.1, 0.15) is 0 Å². The molecule has 178 valence electrons. The quantitative estimate of drug-likeness (QED) is 0.693. The number of piperidine rings is 1. The summed E-state index contributed by atoms with van der Waals surface area (Å²) in [6.07, 6.45) is -2.02. The second-order valence-corrected chi connectivity index (χ2v) is 8.04. The summed E-state index contributed by atoms with van der Waals surface area (Å²) < 4.78 is 51.0. The van der Waals surface area contributed by atoms with Gasteiger partial charge in [-0.25, -0.2) is 4.68 Å². The lowest BCUT2D eigenvalue weighted by Crippen LogP contribution is -2.47. The van der Waals surface area contributed by atoms with Gasteiger partial charge >= 0.3 is 6.18 Å². The summed E-state index contributed by atoms with van der Waals surface area (Å²) in [4.78, 5) is 29.2. The van der Waals surface area contributed by atoms with Gasteiger partial charge in [0.15, 0.2) is 11.4 Å². The van der Waals surface area contributed by atoms with Gasteiger partial charge in [-0.05, 0) is 31.0 Å². The highest BCUT2D eigenvalue weighted by molar-refractivity contribution is 5.95. The summed E-state index contributed by atoms with van der Waals surface area (Å²) in [5.41, 5.74) is -0.626. The van der Waals surface area contributed by atoms with Crippen molar-refractivity contribution in [3.8, 4) is 11.4 Å². The zero-order valence-corrected chi connectivity index (χ0v) is 18.2. The molecule has 1 aromatic heterocycles. The van der Waals surface area contributed by atoms with Crippen molar-refractivity contribution in [1.29, 1.82) is 0 Å². The highest BCUT2D eigenvalue weighted by atomic mass is 19.4. The molecule has 2 aromatic rings. The van der Waals surface area contributed by atoms with Crippen LogP contribution < -0.4 is 4.74 Å². The monoisotopic (exact) mass is 466 g/mol. The lowest BCUT2D eigenvalue weighted by Gasteiger charge is -2.35. The number of amides is 2. The minimum absolute atomic E-state index is 0.0212. The molecule has 0 saturated carbocycles. The van der Waals surface area contributed by atoms with Crippen LogP contribution in [0.4, 0.5) is 13.2 Å². The van der Waals surface area contributed by atoms with Crippen molar-refractivity contribution in [3.63, 3.8) is 0 Å². The minimum Gasteiger partial charge on any atom is -0.493 e. The maximum Gasteiger partial charge on any atom is 0.416 e. The lowest BCUT2D eigenvalue weighted by atomic mass is 9.95. The first kappa shape index (κ1) is 23.1. The van der Waals surface area contributed by atoms with Gasteiger partial charge in [0.05, 0.1) is 37.8 Å². The van der Waals surface area contributed by atoms with Gasteiger partial charge in [-0.15, -0.1) is 0 Å². The summed E-state index contributed by atoms with van der Waals surface area (Å²) in [6, 6.07) is 4.69. The van der Waals surface area contributed by atoms with Crippen molar-refractivity contribution >= 4 is 11.8 Å². The van der Waals surface area contributed by atoms with Crippen LogP contribution in [0, 0.1) is 5.92 Å². The van der Waals surface area contributed by atoms with Gasteiger partial charge < -0.3 is 19.3 Å². The van der Waals surface area contributed by atoms with Crippen LogP contribution in [0.1, 0.15) is 28.9 Å². The minimum atomic E-state index is -4.49. The third-order valence-corrected chi connectivity index (χ3v) is 6.00. The van der Waals surface area contributed by atoms with E-state index in [1.807, 2.05) is 4.90 Å². The van der Waals surface area contributed by atoms with Gasteiger partial charge in [0.25, 0.3) is 5.91 Å². The number of hydrogen-bond acceptors (Lipinski definition) is 5. The Morgan fingerprint density at radius 2 is 1.79 bits per heavy atom. The van der Waals surface area contributed by atoms with Crippen molar-refractivity contribution in [2.75, 3.05) is 46.5 Å². The summed E-state index contributed by atoms with van der Waals surface area (Å²) in [5, 5.41) is 4.22. The van der Waals surface area contributed by atoms with E-state index in [9.17, 15) is 22.8 Å². The number of carbonyl (C=O) groups is 2. The predicted molar refractivity (Wildman–Crippen MR) is 111 cm³/mol. The van der Waals surface area contributed by atoms with Gasteiger partial charge in [0.2, 0.25) is 5.91 Å². The predicted octanol–water partition coefficient (Wildman–Crippen LogP) is 2.61. The standard InChI is InChI=1S/C22H25F3N4O4/c1-32-18-14-29(17-4-2-3-16(13-17)22(23,24)25)26-19(18)21(31)27-7-5-15(6-8-27)20(30)28-9-11-33-12-10-28/h2-4,13-15H,5-12H2,1H3. The number of rotatable bonds is 4. The molecule has 2 amide bonds. The second-order valence-electron chi connectivity index (χ2n) is 8.04. The molecule has 0 bridgehead atoms. The Balaban J connectivity index is 1.46. The van der Waals surface area contributed by atoms with E-state index >= 15 is 0 Å². The molecule has 0 unspecified atom stereocenters. The summed E-state index contributed by atoms with van der Waals surface area (Å²) in [6.45, 7) is 3.03. The van der Waals surface area contributed by atoms with Crippen molar-refractivity contribution in [1.82, 2.24) is 19.6 Å². The number of alkyl halides is 3. The van der Waals surface area contributed by atoms with Crippen LogP contribution in [0.3, 0.4) is 0 Å². The first-order valence-electron chi connectivity index (χ1n) is 10.7. The molecule has 0 N–H and O–H groups in total. The Hall–Kier alpha value is -3.08. The molecule has 8 nitrogen and oxygen atoms in total. The van der Waals surface area contributed by atoms with Crippen LogP contribution in [0.2, 0.25) is 0 Å². The molecule has 1 aromatic carbocycles. The fourth-order valence-corrected chi connectivity index (χ4v) is 4.13. The highest BCUT2D eigenvalue weighted by Gasteiger charge is 2.33. The molecule has 11 heteroatoms. The molecule has 4 rings (SSSR count). The van der Waals surface area contributed by atoms with E-state index in [1.165, 1.54) is 30.1 Å². The third-order valence-electron chi connectivity index (χ3n) is 6.00. The number of ether oxygens (including phenoxy) is 2. The molecule has 3 heterocycles. The lowest BCUT2D eigenvalue weighted by molar-refractivity contribution is -0.141. The fraction of sp³-hybridized carbons (Fsp3) is 0.500. The third kappa shape index (κ3) is 4.97. The van der Waals surface area contributed by atoms with E-state index < -0.39 is 11.7 Å². The number of benzene rings is 1. The molecule has 0 atom stereocenters. The maximum atomic E-state index is 13.1. The average Bonchev–Trinajstić information content (AvgIpc) is 3.28. The van der Waals surface area contributed by atoms with E-state index in [0.29, 0.717) is 52.2 Å². The first-order valence-corrected chi connectivity index (χ1v) is 10.7. The van der Waals surface area contributed by atoms with E-state index in [1.54, 1.807) is 4.90 Å². The van der Waals surface area contributed by atoms with Crippen molar-refractivity contribution < 1.29 is 32.2 Å². The normalized spacial score (nSPS) is 17.8. The molecular weight excluding hydrogens is 441 g/mol. The topological polar surface area (TPSA) is 76.9 Å². The molecule has 0 spiro atoms. The summed E-state index contributed by atoms with van der Waals surface area (Å²) >= 11 is 0. The zero-order valence-electron chi connectivity index (χ0n) is 18.2. The Morgan fingerprint density at radius 3 is 2.42 bits per heavy atom.